The summed E-state index contributed by atoms with van der Waals surface area (Å²) in [5, 5.41) is 3.32. The second-order valence-corrected chi connectivity index (χ2v) is 4.79. The number of nitrogens with one attached hydrogen (secondary N) is 1. The van der Waals surface area contributed by atoms with Crippen LogP contribution in [0.15, 0.2) is 6.07 Å². The minimum Gasteiger partial charge on any atom is -0.313 e. The fraction of sp³-hybridized carbons (Fsp3) is 0.571. The van der Waals surface area contributed by atoms with Gasteiger partial charge in [0.25, 0.3) is 0 Å². The molecule has 1 nitrogen and oxygen atoms in total. The molecule has 0 saturated heterocycles. The Bertz CT molecular complexity index is 398. The van der Waals surface area contributed by atoms with E-state index in [1.165, 1.54) is 24.0 Å². The Morgan fingerprint density at radius 3 is 2.75 bits per heavy atom. The number of hydrogen-bond donors (Lipinski definition) is 1. The van der Waals surface area contributed by atoms with Gasteiger partial charge in [0.15, 0.2) is 0 Å². The van der Waals surface area contributed by atoms with Crippen molar-refractivity contribution >= 4 is 0 Å². The lowest BCUT2D eigenvalue weighted by molar-refractivity contribution is 0.524. The first-order chi connectivity index (χ1) is 7.65. The van der Waals surface area contributed by atoms with Gasteiger partial charge in [0.2, 0.25) is 0 Å². The minimum atomic E-state index is -0.0269. The van der Waals surface area contributed by atoms with Gasteiger partial charge in [0.1, 0.15) is 5.82 Å². The smallest absolute Gasteiger partial charge is 0.129 e. The lowest BCUT2D eigenvalue weighted by Crippen LogP contribution is -2.18. The van der Waals surface area contributed by atoms with Gasteiger partial charge in [0, 0.05) is 6.04 Å². The summed E-state index contributed by atoms with van der Waals surface area (Å²) in [6.45, 7) is 3.78. The molecule has 16 heavy (non-hydrogen) atoms. The Balaban J connectivity index is 2.58. The van der Waals surface area contributed by atoms with Crippen LogP contribution in [0.3, 0.4) is 0 Å². The van der Waals surface area contributed by atoms with Crippen molar-refractivity contribution in [1.29, 1.82) is 0 Å². The van der Waals surface area contributed by atoms with Gasteiger partial charge in [-0.2, -0.15) is 0 Å². The maximum absolute atomic E-state index is 13.9. The predicted molar refractivity (Wildman–Crippen MR) is 65.2 cm³/mol. The summed E-state index contributed by atoms with van der Waals surface area (Å²) < 4.78 is 13.9. The summed E-state index contributed by atoms with van der Waals surface area (Å²) in [5.74, 6) is -0.0269. The van der Waals surface area contributed by atoms with E-state index in [0.29, 0.717) is 6.04 Å². The highest BCUT2D eigenvalue weighted by atomic mass is 19.1. The van der Waals surface area contributed by atoms with Crippen molar-refractivity contribution in [1.82, 2.24) is 5.32 Å². The zero-order valence-corrected chi connectivity index (χ0v) is 10.4. The molecule has 1 unspecified atom stereocenters. The lowest BCUT2D eigenvalue weighted by atomic mass is 9.92. The topological polar surface area (TPSA) is 12.0 Å². The molecule has 0 radical (unpaired) electrons. The summed E-state index contributed by atoms with van der Waals surface area (Å²) >= 11 is 0. The maximum Gasteiger partial charge on any atom is 0.129 e. The summed E-state index contributed by atoms with van der Waals surface area (Å²) in [6, 6.07) is 2.36. The third-order valence-corrected chi connectivity index (χ3v) is 3.70. The van der Waals surface area contributed by atoms with Crippen LogP contribution in [0.5, 0.6) is 0 Å². The quantitative estimate of drug-likeness (QED) is 0.716. The number of benzene rings is 1. The predicted octanol–water partition coefficient (Wildman–Crippen LogP) is 3.43. The molecular weight excluding hydrogens is 201 g/mol. The van der Waals surface area contributed by atoms with Crippen molar-refractivity contribution in [2.75, 3.05) is 7.05 Å². The molecule has 1 N–H and O–H groups in total. The van der Waals surface area contributed by atoms with E-state index in [1.807, 2.05) is 27.0 Å². The van der Waals surface area contributed by atoms with Gasteiger partial charge in [-0.15, -0.1) is 0 Å². The molecule has 1 atom stereocenters. The molecule has 0 heterocycles. The van der Waals surface area contributed by atoms with E-state index >= 15 is 0 Å². The van der Waals surface area contributed by atoms with E-state index in [4.69, 9.17) is 0 Å². The fourth-order valence-corrected chi connectivity index (χ4v) is 2.85. The molecule has 2 rings (SSSR count). The third-order valence-electron chi connectivity index (χ3n) is 3.70. The Labute approximate surface area is 97.1 Å². The normalized spacial score (nSPS) is 20.4. The van der Waals surface area contributed by atoms with E-state index in [9.17, 15) is 4.39 Å². The van der Waals surface area contributed by atoms with Crippen molar-refractivity contribution in [2.24, 2.45) is 0 Å². The number of rotatable bonds is 1. The molecule has 1 aromatic rings. The van der Waals surface area contributed by atoms with E-state index in [2.05, 4.69) is 5.32 Å². The first kappa shape index (κ1) is 11.6. The van der Waals surface area contributed by atoms with Crippen LogP contribution in [0.4, 0.5) is 4.39 Å². The summed E-state index contributed by atoms with van der Waals surface area (Å²) in [6.07, 6.45) is 4.65. The van der Waals surface area contributed by atoms with Crippen LogP contribution in [-0.2, 0) is 6.42 Å². The zero-order valence-electron chi connectivity index (χ0n) is 10.4. The Morgan fingerprint density at radius 1 is 1.31 bits per heavy atom. The molecule has 0 aliphatic heterocycles. The SMILES string of the molecule is CNC1CCCCc2cc(C)c(F)c(C)c21. The van der Waals surface area contributed by atoms with Gasteiger partial charge in [-0.05, 0) is 62.4 Å². The van der Waals surface area contributed by atoms with E-state index in [1.54, 1.807) is 0 Å². The molecular formula is C14H20FN. The average Bonchev–Trinajstić information content (AvgIpc) is 2.48. The first-order valence-electron chi connectivity index (χ1n) is 6.11. The van der Waals surface area contributed by atoms with Crippen LogP contribution in [0.2, 0.25) is 0 Å². The van der Waals surface area contributed by atoms with Gasteiger partial charge in [-0.25, -0.2) is 4.39 Å². The standard InChI is InChI=1S/C14H20FN/c1-9-8-11-6-4-5-7-12(16-3)13(11)10(2)14(9)15/h8,12,16H,4-7H2,1-3H3. The largest absolute Gasteiger partial charge is 0.313 e. The number of fused-ring (bicyclic) bond motifs is 1. The van der Waals surface area contributed by atoms with Crippen molar-refractivity contribution < 1.29 is 4.39 Å². The molecule has 1 aliphatic carbocycles. The highest BCUT2D eigenvalue weighted by Crippen LogP contribution is 2.33. The van der Waals surface area contributed by atoms with E-state index in [-0.39, 0.29) is 5.82 Å². The molecule has 0 fully saturated rings. The van der Waals surface area contributed by atoms with Crippen molar-refractivity contribution in [3.8, 4) is 0 Å². The molecule has 0 saturated carbocycles. The second-order valence-electron chi connectivity index (χ2n) is 4.79. The van der Waals surface area contributed by atoms with Crippen LogP contribution in [0, 0.1) is 19.7 Å². The number of halogens is 1. The van der Waals surface area contributed by atoms with Crippen LogP contribution >= 0.6 is 0 Å². The average molecular weight is 221 g/mol. The monoisotopic (exact) mass is 221 g/mol. The van der Waals surface area contributed by atoms with Gasteiger partial charge in [-0.3, -0.25) is 0 Å². The summed E-state index contributed by atoms with van der Waals surface area (Å²) in [4.78, 5) is 0. The Morgan fingerprint density at radius 2 is 2.06 bits per heavy atom. The second kappa shape index (κ2) is 4.54. The maximum atomic E-state index is 13.9. The Kier molecular flexibility index (Phi) is 3.29. The van der Waals surface area contributed by atoms with Crippen LogP contribution < -0.4 is 5.32 Å². The van der Waals surface area contributed by atoms with Crippen molar-refractivity contribution in [2.45, 2.75) is 45.6 Å². The highest BCUT2D eigenvalue weighted by Gasteiger charge is 2.22. The van der Waals surface area contributed by atoms with Gasteiger partial charge in [-0.1, -0.05) is 12.5 Å². The molecule has 2 heteroatoms. The minimum absolute atomic E-state index is 0.0269. The highest BCUT2D eigenvalue weighted by molar-refractivity contribution is 5.42. The van der Waals surface area contributed by atoms with Gasteiger partial charge < -0.3 is 5.32 Å². The van der Waals surface area contributed by atoms with Gasteiger partial charge >= 0.3 is 0 Å². The van der Waals surface area contributed by atoms with Gasteiger partial charge in [0.05, 0.1) is 0 Å². The number of aryl methyl sites for hydroxylation is 2. The molecule has 1 aromatic carbocycles. The molecule has 1 aliphatic rings. The number of hydrogen-bond acceptors (Lipinski definition) is 1. The van der Waals surface area contributed by atoms with Crippen molar-refractivity contribution in [3.63, 3.8) is 0 Å². The zero-order chi connectivity index (χ0) is 11.7. The molecule has 88 valence electrons. The van der Waals surface area contributed by atoms with Crippen LogP contribution in [-0.4, -0.2) is 7.05 Å². The Hall–Kier alpha value is -0.890. The molecule has 0 aromatic heterocycles. The van der Waals surface area contributed by atoms with Crippen LogP contribution in [0.1, 0.15) is 47.6 Å². The third kappa shape index (κ3) is 1.86. The van der Waals surface area contributed by atoms with Crippen LogP contribution in [0.25, 0.3) is 0 Å². The molecule has 0 amide bonds. The molecule has 0 spiro atoms. The summed E-state index contributed by atoms with van der Waals surface area (Å²) in [5.41, 5.74) is 4.18. The first-order valence-corrected chi connectivity index (χ1v) is 6.11. The molecule has 0 bridgehead atoms. The van der Waals surface area contributed by atoms with E-state index < -0.39 is 0 Å². The summed E-state index contributed by atoms with van der Waals surface area (Å²) in [7, 11) is 1.97. The van der Waals surface area contributed by atoms with E-state index in [0.717, 1.165) is 24.0 Å². The lowest BCUT2D eigenvalue weighted by Gasteiger charge is -2.21. The van der Waals surface area contributed by atoms with Crippen molar-refractivity contribution in [3.05, 3.63) is 34.1 Å². The fourth-order valence-electron chi connectivity index (χ4n) is 2.85.